The summed E-state index contributed by atoms with van der Waals surface area (Å²) in [4.78, 5) is 16.6. The second-order valence-electron chi connectivity index (χ2n) is 5.11. The molecule has 1 amide bonds. The number of aryl methyl sites for hydroxylation is 1. The SMILES string of the molecule is Cc1ccc(-c2ccncc2C(=O)Nc2ccccc2)cc1. The fourth-order valence-electron chi connectivity index (χ4n) is 2.28. The zero-order valence-corrected chi connectivity index (χ0v) is 12.3. The van der Waals surface area contributed by atoms with Crippen molar-refractivity contribution in [3.8, 4) is 11.1 Å². The third kappa shape index (κ3) is 3.04. The first kappa shape index (κ1) is 14.0. The Morgan fingerprint density at radius 3 is 2.41 bits per heavy atom. The van der Waals surface area contributed by atoms with E-state index in [1.54, 1.807) is 12.4 Å². The number of hydrogen-bond donors (Lipinski definition) is 1. The fraction of sp³-hybridized carbons (Fsp3) is 0.0526. The average molecular weight is 288 g/mol. The molecule has 22 heavy (non-hydrogen) atoms. The molecule has 1 heterocycles. The molecule has 3 rings (SSSR count). The highest BCUT2D eigenvalue weighted by atomic mass is 16.1. The maximum atomic E-state index is 12.5. The van der Waals surface area contributed by atoms with Crippen LogP contribution in [0.25, 0.3) is 11.1 Å². The molecule has 3 aromatic rings. The minimum Gasteiger partial charge on any atom is -0.322 e. The number of anilines is 1. The molecule has 0 bridgehead atoms. The van der Waals surface area contributed by atoms with Crippen LogP contribution in [0.5, 0.6) is 0 Å². The minimum absolute atomic E-state index is 0.158. The van der Waals surface area contributed by atoms with Crippen molar-refractivity contribution in [1.82, 2.24) is 4.98 Å². The van der Waals surface area contributed by atoms with Gasteiger partial charge < -0.3 is 5.32 Å². The Labute approximate surface area is 129 Å². The summed E-state index contributed by atoms with van der Waals surface area (Å²) in [6, 6.07) is 19.4. The van der Waals surface area contributed by atoms with Crippen molar-refractivity contribution in [2.75, 3.05) is 5.32 Å². The standard InChI is InChI=1S/C19H16N2O/c1-14-7-9-15(10-8-14)17-11-12-20-13-18(17)19(22)21-16-5-3-2-4-6-16/h2-13H,1H3,(H,21,22). The van der Waals surface area contributed by atoms with Gasteiger partial charge in [-0.3, -0.25) is 9.78 Å². The van der Waals surface area contributed by atoms with Gasteiger partial charge in [-0.15, -0.1) is 0 Å². The average Bonchev–Trinajstić information content (AvgIpc) is 2.56. The van der Waals surface area contributed by atoms with E-state index < -0.39 is 0 Å². The van der Waals surface area contributed by atoms with Crippen molar-refractivity contribution in [3.63, 3.8) is 0 Å². The van der Waals surface area contributed by atoms with Crippen LogP contribution in [0.3, 0.4) is 0 Å². The molecule has 0 spiro atoms. The molecule has 0 aliphatic carbocycles. The molecule has 0 aliphatic heterocycles. The molecular formula is C19H16N2O. The smallest absolute Gasteiger partial charge is 0.257 e. The van der Waals surface area contributed by atoms with Gasteiger partial charge in [0.2, 0.25) is 0 Å². The van der Waals surface area contributed by atoms with Crippen molar-refractivity contribution < 1.29 is 4.79 Å². The van der Waals surface area contributed by atoms with E-state index in [0.717, 1.165) is 16.8 Å². The lowest BCUT2D eigenvalue weighted by molar-refractivity contribution is 0.102. The number of carbonyl (C=O) groups excluding carboxylic acids is 1. The van der Waals surface area contributed by atoms with Gasteiger partial charge in [0.25, 0.3) is 5.91 Å². The number of nitrogens with one attached hydrogen (secondary N) is 1. The van der Waals surface area contributed by atoms with Crippen LogP contribution in [-0.2, 0) is 0 Å². The molecule has 0 saturated carbocycles. The van der Waals surface area contributed by atoms with E-state index in [-0.39, 0.29) is 5.91 Å². The van der Waals surface area contributed by atoms with Crippen molar-refractivity contribution in [2.45, 2.75) is 6.92 Å². The van der Waals surface area contributed by atoms with Gasteiger partial charge in [0, 0.05) is 18.1 Å². The summed E-state index contributed by atoms with van der Waals surface area (Å²) < 4.78 is 0. The molecule has 0 fully saturated rings. The van der Waals surface area contributed by atoms with E-state index >= 15 is 0 Å². The Morgan fingerprint density at radius 2 is 1.68 bits per heavy atom. The Morgan fingerprint density at radius 1 is 0.955 bits per heavy atom. The van der Waals surface area contributed by atoms with Gasteiger partial charge in [-0.1, -0.05) is 48.0 Å². The highest BCUT2D eigenvalue weighted by molar-refractivity contribution is 6.08. The van der Waals surface area contributed by atoms with Crippen LogP contribution in [0.1, 0.15) is 15.9 Å². The van der Waals surface area contributed by atoms with E-state index in [1.807, 2.05) is 67.6 Å². The summed E-state index contributed by atoms with van der Waals surface area (Å²) in [5.74, 6) is -0.158. The number of carbonyl (C=O) groups is 1. The normalized spacial score (nSPS) is 10.2. The zero-order valence-electron chi connectivity index (χ0n) is 12.3. The number of amides is 1. The molecule has 1 N–H and O–H groups in total. The Bertz CT molecular complexity index is 780. The zero-order chi connectivity index (χ0) is 15.4. The first-order valence-corrected chi connectivity index (χ1v) is 7.11. The second-order valence-corrected chi connectivity index (χ2v) is 5.11. The highest BCUT2D eigenvalue weighted by Gasteiger charge is 2.13. The topological polar surface area (TPSA) is 42.0 Å². The Balaban J connectivity index is 1.94. The van der Waals surface area contributed by atoms with Gasteiger partial charge >= 0.3 is 0 Å². The van der Waals surface area contributed by atoms with Crippen molar-refractivity contribution in [1.29, 1.82) is 0 Å². The molecule has 0 aliphatic rings. The summed E-state index contributed by atoms with van der Waals surface area (Å²) in [7, 11) is 0. The lowest BCUT2D eigenvalue weighted by Crippen LogP contribution is -2.13. The summed E-state index contributed by atoms with van der Waals surface area (Å²) in [5.41, 5.74) is 4.41. The molecule has 0 atom stereocenters. The lowest BCUT2D eigenvalue weighted by atomic mass is 10.0. The van der Waals surface area contributed by atoms with Gasteiger partial charge in [0.15, 0.2) is 0 Å². The number of hydrogen-bond acceptors (Lipinski definition) is 2. The first-order chi connectivity index (χ1) is 10.7. The van der Waals surface area contributed by atoms with E-state index in [0.29, 0.717) is 5.56 Å². The van der Waals surface area contributed by atoms with Crippen LogP contribution in [0, 0.1) is 6.92 Å². The van der Waals surface area contributed by atoms with Crippen LogP contribution in [0.15, 0.2) is 73.1 Å². The molecule has 108 valence electrons. The largest absolute Gasteiger partial charge is 0.322 e. The second kappa shape index (κ2) is 6.22. The monoisotopic (exact) mass is 288 g/mol. The van der Waals surface area contributed by atoms with E-state index in [2.05, 4.69) is 10.3 Å². The number of benzene rings is 2. The Hall–Kier alpha value is -2.94. The quantitative estimate of drug-likeness (QED) is 0.780. The molecular weight excluding hydrogens is 272 g/mol. The number of para-hydroxylation sites is 1. The Kier molecular flexibility index (Phi) is 3.97. The maximum Gasteiger partial charge on any atom is 0.257 e. The van der Waals surface area contributed by atoms with Gasteiger partial charge in [-0.05, 0) is 36.2 Å². The summed E-state index contributed by atoms with van der Waals surface area (Å²) in [6.07, 6.45) is 3.31. The summed E-state index contributed by atoms with van der Waals surface area (Å²) in [6.45, 7) is 2.04. The third-order valence-corrected chi connectivity index (χ3v) is 3.46. The van der Waals surface area contributed by atoms with E-state index in [4.69, 9.17) is 0 Å². The minimum atomic E-state index is -0.158. The summed E-state index contributed by atoms with van der Waals surface area (Å²) >= 11 is 0. The first-order valence-electron chi connectivity index (χ1n) is 7.11. The van der Waals surface area contributed by atoms with Crippen molar-refractivity contribution in [3.05, 3.63) is 84.2 Å². The summed E-state index contributed by atoms with van der Waals surface area (Å²) in [5, 5.41) is 2.90. The molecule has 0 unspecified atom stereocenters. The van der Waals surface area contributed by atoms with Gasteiger partial charge in [-0.2, -0.15) is 0 Å². The van der Waals surface area contributed by atoms with E-state index in [1.165, 1.54) is 5.56 Å². The molecule has 0 saturated heterocycles. The van der Waals surface area contributed by atoms with Crippen molar-refractivity contribution >= 4 is 11.6 Å². The van der Waals surface area contributed by atoms with Crippen LogP contribution in [0.4, 0.5) is 5.69 Å². The molecule has 2 aromatic carbocycles. The predicted molar refractivity (Wildman–Crippen MR) is 88.8 cm³/mol. The molecule has 0 radical (unpaired) electrons. The van der Waals surface area contributed by atoms with Gasteiger partial charge in [0.1, 0.15) is 0 Å². The predicted octanol–water partition coefficient (Wildman–Crippen LogP) is 4.31. The van der Waals surface area contributed by atoms with E-state index in [9.17, 15) is 4.79 Å². The molecule has 3 nitrogen and oxygen atoms in total. The van der Waals surface area contributed by atoms with Crippen molar-refractivity contribution in [2.24, 2.45) is 0 Å². The molecule has 1 aromatic heterocycles. The maximum absolute atomic E-state index is 12.5. The van der Waals surface area contributed by atoms with Gasteiger partial charge in [-0.25, -0.2) is 0 Å². The number of aromatic nitrogens is 1. The number of pyridine rings is 1. The van der Waals surface area contributed by atoms with Gasteiger partial charge in [0.05, 0.1) is 5.56 Å². The lowest BCUT2D eigenvalue weighted by Gasteiger charge is -2.10. The third-order valence-electron chi connectivity index (χ3n) is 3.46. The number of nitrogens with zero attached hydrogens (tertiary/aromatic N) is 1. The van der Waals surface area contributed by atoms with Crippen LogP contribution in [-0.4, -0.2) is 10.9 Å². The van der Waals surface area contributed by atoms with Crippen LogP contribution >= 0.6 is 0 Å². The molecule has 3 heteroatoms. The highest BCUT2D eigenvalue weighted by Crippen LogP contribution is 2.24. The fourth-order valence-corrected chi connectivity index (χ4v) is 2.28. The number of rotatable bonds is 3. The van der Waals surface area contributed by atoms with Crippen LogP contribution in [0.2, 0.25) is 0 Å². The van der Waals surface area contributed by atoms with Crippen LogP contribution < -0.4 is 5.32 Å².